The number of halogens is 2. The number of aromatic nitrogens is 2. The third-order valence-electron chi connectivity index (χ3n) is 4.17. The van der Waals surface area contributed by atoms with Gasteiger partial charge in [0.1, 0.15) is 13.2 Å². The van der Waals surface area contributed by atoms with Crippen molar-refractivity contribution in [3.05, 3.63) is 75.5 Å². The van der Waals surface area contributed by atoms with E-state index in [1.807, 2.05) is 12.1 Å². The van der Waals surface area contributed by atoms with Gasteiger partial charge in [0.05, 0.1) is 12.8 Å². The molecule has 0 saturated heterocycles. The topological polar surface area (TPSA) is 77.7 Å². The Kier molecular flexibility index (Phi) is 5.69. The second-order valence-electron chi connectivity index (χ2n) is 6.24. The second kappa shape index (κ2) is 8.55. The highest BCUT2D eigenvalue weighted by Gasteiger charge is 2.12. The Morgan fingerprint density at radius 1 is 1.14 bits per heavy atom. The molecule has 1 aliphatic heterocycles. The summed E-state index contributed by atoms with van der Waals surface area (Å²) in [5.41, 5.74) is 4.33. The summed E-state index contributed by atoms with van der Waals surface area (Å²) in [5.74, 6) is 0.939. The first-order valence-electron chi connectivity index (χ1n) is 8.79. The molecule has 0 spiro atoms. The average Bonchev–Trinajstić information content (AvgIpc) is 3.19. The zero-order valence-electron chi connectivity index (χ0n) is 15.1. The fourth-order valence-electron chi connectivity index (χ4n) is 2.76. The summed E-state index contributed by atoms with van der Waals surface area (Å²) in [6.45, 7) is 1.46. The van der Waals surface area contributed by atoms with Crippen LogP contribution < -0.4 is 14.9 Å². The molecule has 3 aromatic rings. The van der Waals surface area contributed by atoms with E-state index >= 15 is 0 Å². The van der Waals surface area contributed by atoms with Gasteiger partial charge in [-0.05, 0) is 47.5 Å². The fraction of sp³-hybridized carbons (Fsp3) is 0.150. The summed E-state index contributed by atoms with van der Waals surface area (Å²) in [6, 6.07) is 12.3. The minimum atomic E-state index is -0.417. The van der Waals surface area contributed by atoms with Crippen LogP contribution in [0.2, 0.25) is 10.0 Å². The number of fused-ring (bicyclic) bond motifs is 1. The van der Waals surface area contributed by atoms with Crippen LogP contribution in [0.4, 0.5) is 0 Å². The van der Waals surface area contributed by atoms with Crippen LogP contribution >= 0.6 is 23.2 Å². The fourth-order valence-corrected chi connectivity index (χ4v) is 3.23. The highest BCUT2D eigenvalue weighted by molar-refractivity contribution is 6.35. The first-order chi connectivity index (χ1) is 14.1. The van der Waals surface area contributed by atoms with Gasteiger partial charge >= 0.3 is 0 Å². The third kappa shape index (κ3) is 4.70. The molecular formula is C20H16Cl2N4O3. The van der Waals surface area contributed by atoms with Crippen LogP contribution in [-0.2, 0) is 6.54 Å². The Bertz CT molecular complexity index is 1080. The monoisotopic (exact) mass is 430 g/mol. The number of nitrogens with zero attached hydrogens (tertiary/aromatic N) is 3. The van der Waals surface area contributed by atoms with E-state index in [1.165, 1.54) is 6.21 Å². The Balaban J connectivity index is 1.37. The van der Waals surface area contributed by atoms with Crippen LogP contribution in [0.25, 0.3) is 0 Å². The summed E-state index contributed by atoms with van der Waals surface area (Å²) in [6.07, 6.45) is 3.23. The maximum atomic E-state index is 12.3. The van der Waals surface area contributed by atoms with E-state index in [9.17, 15) is 4.79 Å². The van der Waals surface area contributed by atoms with Crippen molar-refractivity contribution >= 4 is 35.3 Å². The SMILES string of the molecule is O=C(NN=Cc1ccc2c(c1)OCCO2)c1ccn(Cc2ccc(Cl)cc2Cl)n1. The van der Waals surface area contributed by atoms with E-state index in [-0.39, 0.29) is 5.69 Å². The third-order valence-corrected chi connectivity index (χ3v) is 4.75. The number of carbonyl (C=O) groups is 1. The van der Waals surface area contributed by atoms with Crippen molar-refractivity contribution < 1.29 is 14.3 Å². The number of hydrogen-bond donors (Lipinski definition) is 1. The van der Waals surface area contributed by atoms with Gasteiger partial charge in [0, 0.05) is 16.2 Å². The van der Waals surface area contributed by atoms with E-state index in [1.54, 1.807) is 41.2 Å². The Hall–Kier alpha value is -3.03. The first kappa shape index (κ1) is 19.3. The van der Waals surface area contributed by atoms with Crippen LogP contribution in [0.5, 0.6) is 11.5 Å². The number of hydrogen-bond acceptors (Lipinski definition) is 5. The van der Waals surface area contributed by atoms with Crippen molar-refractivity contribution in [2.24, 2.45) is 5.10 Å². The molecule has 4 rings (SSSR count). The minimum absolute atomic E-state index is 0.245. The molecular weight excluding hydrogens is 415 g/mol. The summed E-state index contributed by atoms with van der Waals surface area (Å²) in [5, 5.41) is 9.34. The van der Waals surface area contributed by atoms with Crippen LogP contribution in [0, 0.1) is 0 Å². The van der Waals surface area contributed by atoms with Gasteiger partial charge in [0.15, 0.2) is 17.2 Å². The van der Waals surface area contributed by atoms with Crippen molar-refractivity contribution in [1.29, 1.82) is 0 Å². The number of hydrazone groups is 1. The number of benzene rings is 2. The molecule has 0 aliphatic carbocycles. The van der Waals surface area contributed by atoms with Gasteiger partial charge in [-0.2, -0.15) is 10.2 Å². The molecule has 148 valence electrons. The lowest BCUT2D eigenvalue weighted by Crippen LogP contribution is -2.19. The predicted octanol–water partition coefficient (Wildman–Crippen LogP) is 3.77. The normalized spacial score (nSPS) is 12.9. The molecule has 29 heavy (non-hydrogen) atoms. The first-order valence-corrected chi connectivity index (χ1v) is 9.54. The van der Waals surface area contributed by atoms with Crippen molar-refractivity contribution in [3.63, 3.8) is 0 Å². The van der Waals surface area contributed by atoms with E-state index in [0.29, 0.717) is 41.3 Å². The molecule has 1 aromatic heterocycles. The number of amides is 1. The van der Waals surface area contributed by atoms with Crippen molar-refractivity contribution in [1.82, 2.24) is 15.2 Å². The van der Waals surface area contributed by atoms with Crippen LogP contribution in [0.15, 0.2) is 53.8 Å². The zero-order valence-corrected chi connectivity index (χ0v) is 16.7. The van der Waals surface area contributed by atoms with E-state index in [4.69, 9.17) is 32.7 Å². The van der Waals surface area contributed by atoms with Gasteiger partial charge in [-0.1, -0.05) is 29.3 Å². The van der Waals surface area contributed by atoms with E-state index in [2.05, 4.69) is 15.6 Å². The molecule has 0 atom stereocenters. The van der Waals surface area contributed by atoms with Gasteiger partial charge < -0.3 is 9.47 Å². The maximum Gasteiger partial charge on any atom is 0.291 e. The largest absolute Gasteiger partial charge is 0.486 e. The molecule has 2 aromatic carbocycles. The van der Waals surface area contributed by atoms with Crippen LogP contribution in [0.3, 0.4) is 0 Å². The lowest BCUT2D eigenvalue weighted by molar-refractivity contribution is 0.0949. The zero-order chi connectivity index (χ0) is 20.2. The Morgan fingerprint density at radius 2 is 1.97 bits per heavy atom. The number of rotatable bonds is 5. The van der Waals surface area contributed by atoms with Crippen LogP contribution in [-0.4, -0.2) is 35.1 Å². The summed E-state index contributed by atoms with van der Waals surface area (Å²) in [4.78, 5) is 12.3. The average molecular weight is 431 g/mol. The molecule has 0 radical (unpaired) electrons. The highest BCUT2D eigenvalue weighted by Crippen LogP contribution is 2.30. The van der Waals surface area contributed by atoms with Gasteiger partial charge in [-0.3, -0.25) is 9.48 Å². The molecule has 7 nitrogen and oxygen atoms in total. The summed E-state index contributed by atoms with van der Waals surface area (Å²) < 4.78 is 12.6. The molecule has 0 bridgehead atoms. The van der Waals surface area contributed by atoms with Gasteiger partial charge in [-0.25, -0.2) is 5.43 Å². The Labute approximate surface area is 176 Å². The Morgan fingerprint density at radius 3 is 2.79 bits per heavy atom. The molecule has 0 unspecified atom stereocenters. The summed E-state index contributed by atoms with van der Waals surface area (Å²) in [7, 11) is 0. The minimum Gasteiger partial charge on any atom is -0.486 e. The standard InChI is InChI=1S/C20H16Cl2N4O3/c21-15-3-2-14(16(22)10-15)12-26-6-5-17(25-26)20(27)24-23-11-13-1-4-18-19(9-13)29-8-7-28-18/h1-6,9-11H,7-8,12H2,(H,24,27). The van der Waals surface area contributed by atoms with Crippen molar-refractivity contribution in [2.45, 2.75) is 6.54 Å². The van der Waals surface area contributed by atoms with Crippen LogP contribution in [0.1, 0.15) is 21.6 Å². The summed E-state index contributed by atoms with van der Waals surface area (Å²) >= 11 is 12.1. The van der Waals surface area contributed by atoms with Gasteiger partial charge in [-0.15, -0.1) is 0 Å². The molecule has 0 fully saturated rings. The second-order valence-corrected chi connectivity index (χ2v) is 7.08. The van der Waals surface area contributed by atoms with Gasteiger partial charge in [0.25, 0.3) is 5.91 Å². The molecule has 2 heterocycles. The number of carbonyl (C=O) groups excluding carboxylic acids is 1. The van der Waals surface area contributed by atoms with Crippen molar-refractivity contribution in [2.75, 3.05) is 13.2 Å². The molecule has 1 amide bonds. The molecule has 9 heteroatoms. The van der Waals surface area contributed by atoms with E-state index < -0.39 is 5.91 Å². The highest BCUT2D eigenvalue weighted by atomic mass is 35.5. The predicted molar refractivity (Wildman–Crippen MR) is 110 cm³/mol. The molecule has 1 aliphatic rings. The molecule has 0 saturated carbocycles. The smallest absolute Gasteiger partial charge is 0.291 e. The lowest BCUT2D eigenvalue weighted by Gasteiger charge is -2.18. The van der Waals surface area contributed by atoms with E-state index in [0.717, 1.165) is 11.1 Å². The quantitative estimate of drug-likeness (QED) is 0.493. The molecule has 1 N–H and O–H groups in total. The lowest BCUT2D eigenvalue weighted by atomic mass is 10.2. The van der Waals surface area contributed by atoms with Crippen molar-refractivity contribution in [3.8, 4) is 11.5 Å². The van der Waals surface area contributed by atoms with Gasteiger partial charge in [0.2, 0.25) is 0 Å². The number of ether oxygens (including phenoxy) is 2. The maximum absolute atomic E-state index is 12.3. The number of nitrogens with one attached hydrogen (secondary N) is 1.